The second-order valence-corrected chi connectivity index (χ2v) is 4.36. The first-order chi connectivity index (χ1) is 8.38. The number of hydrogen-bond acceptors (Lipinski definition) is 1. The minimum absolute atomic E-state index is 0.629. The van der Waals surface area contributed by atoms with E-state index >= 15 is 0 Å². The molecule has 0 bridgehead atoms. The van der Waals surface area contributed by atoms with Crippen LogP contribution in [-0.4, -0.2) is 0 Å². The van der Waals surface area contributed by atoms with Gasteiger partial charge in [0.15, 0.2) is 0 Å². The normalized spacial score (nSPS) is 10.4. The molecule has 2 aromatic carbocycles. The van der Waals surface area contributed by atoms with Gasteiger partial charge in [0.2, 0.25) is 0 Å². The number of aryl methyl sites for hydroxylation is 2. The zero-order valence-electron chi connectivity index (χ0n) is 10.1. The molecule has 2 N–H and O–H groups in total. The van der Waals surface area contributed by atoms with Crippen LogP contribution in [0, 0.1) is 0 Å². The van der Waals surface area contributed by atoms with Crippen LogP contribution in [0.5, 0.6) is 0 Å². The summed E-state index contributed by atoms with van der Waals surface area (Å²) >= 11 is 0. The van der Waals surface area contributed by atoms with E-state index in [9.17, 15) is 0 Å². The lowest BCUT2D eigenvalue weighted by Crippen LogP contribution is -1.96. The highest BCUT2D eigenvalue weighted by molar-refractivity contribution is 5.22. The van der Waals surface area contributed by atoms with Crippen molar-refractivity contribution in [2.75, 3.05) is 0 Å². The molecule has 0 aliphatic rings. The van der Waals surface area contributed by atoms with Crippen molar-refractivity contribution in [3.8, 4) is 0 Å². The summed E-state index contributed by atoms with van der Waals surface area (Å²) in [7, 11) is 0. The van der Waals surface area contributed by atoms with E-state index in [1.807, 2.05) is 0 Å². The number of hydrogen-bond donors (Lipinski definition) is 1. The van der Waals surface area contributed by atoms with Crippen molar-refractivity contribution in [1.29, 1.82) is 0 Å². The fraction of sp³-hybridized carbons (Fsp3) is 0.250. The van der Waals surface area contributed by atoms with Gasteiger partial charge in [0.25, 0.3) is 0 Å². The van der Waals surface area contributed by atoms with Crippen molar-refractivity contribution in [3.05, 3.63) is 71.3 Å². The molecule has 0 unspecified atom stereocenters. The van der Waals surface area contributed by atoms with Crippen LogP contribution in [0.25, 0.3) is 0 Å². The number of nitrogens with two attached hydrogens (primary N) is 1. The molecule has 0 aliphatic heterocycles. The molecule has 0 spiro atoms. The zero-order chi connectivity index (χ0) is 11.9. The Morgan fingerprint density at radius 3 is 1.76 bits per heavy atom. The molecule has 1 heteroatoms. The smallest absolute Gasteiger partial charge is 0.0178 e. The van der Waals surface area contributed by atoms with Crippen molar-refractivity contribution < 1.29 is 0 Å². The monoisotopic (exact) mass is 225 g/mol. The van der Waals surface area contributed by atoms with E-state index in [4.69, 9.17) is 5.73 Å². The zero-order valence-corrected chi connectivity index (χ0v) is 10.1. The summed E-state index contributed by atoms with van der Waals surface area (Å²) in [6.07, 6.45) is 3.49. The third-order valence-corrected chi connectivity index (χ3v) is 3.03. The Morgan fingerprint density at radius 2 is 1.18 bits per heavy atom. The van der Waals surface area contributed by atoms with Crippen molar-refractivity contribution >= 4 is 0 Å². The van der Waals surface area contributed by atoms with Gasteiger partial charge in [-0.15, -0.1) is 0 Å². The molecule has 0 amide bonds. The molecule has 0 heterocycles. The molecule has 0 saturated heterocycles. The Morgan fingerprint density at radius 1 is 0.647 bits per heavy atom. The first kappa shape index (κ1) is 11.9. The molecule has 0 aromatic heterocycles. The van der Waals surface area contributed by atoms with Crippen LogP contribution in [0.1, 0.15) is 23.1 Å². The second kappa shape index (κ2) is 6.21. The van der Waals surface area contributed by atoms with E-state index in [1.165, 1.54) is 23.1 Å². The van der Waals surface area contributed by atoms with E-state index in [0.29, 0.717) is 6.54 Å². The lowest BCUT2D eigenvalue weighted by molar-refractivity contribution is 0.820. The van der Waals surface area contributed by atoms with E-state index in [0.717, 1.165) is 12.8 Å². The van der Waals surface area contributed by atoms with Gasteiger partial charge in [0, 0.05) is 6.54 Å². The summed E-state index contributed by atoms with van der Waals surface area (Å²) in [5.41, 5.74) is 9.60. The van der Waals surface area contributed by atoms with Crippen LogP contribution < -0.4 is 5.73 Å². The van der Waals surface area contributed by atoms with Crippen LogP contribution in [0.2, 0.25) is 0 Å². The van der Waals surface area contributed by atoms with Gasteiger partial charge in [-0.05, 0) is 36.0 Å². The quantitative estimate of drug-likeness (QED) is 0.830. The second-order valence-electron chi connectivity index (χ2n) is 4.36. The lowest BCUT2D eigenvalue weighted by atomic mass is 10.0. The third kappa shape index (κ3) is 3.72. The highest BCUT2D eigenvalue weighted by Crippen LogP contribution is 2.09. The fourth-order valence-electron chi connectivity index (χ4n) is 1.98. The Kier molecular flexibility index (Phi) is 4.34. The molecule has 88 valence electrons. The summed E-state index contributed by atoms with van der Waals surface area (Å²) in [5, 5.41) is 0. The Hall–Kier alpha value is -1.60. The highest BCUT2D eigenvalue weighted by atomic mass is 14.5. The summed E-state index contributed by atoms with van der Waals surface area (Å²) in [6.45, 7) is 0.629. The van der Waals surface area contributed by atoms with Crippen LogP contribution in [0.3, 0.4) is 0 Å². The maximum Gasteiger partial charge on any atom is 0.0178 e. The van der Waals surface area contributed by atoms with Crippen LogP contribution in [0.15, 0.2) is 54.6 Å². The van der Waals surface area contributed by atoms with E-state index < -0.39 is 0 Å². The minimum Gasteiger partial charge on any atom is -0.326 e. The minimum atomic E-state index is 0.629. The predicted octanol–water partition coefficient (Wildman–Crippen LogP) is 3.32. The van der Waals surface area contributed by atoms with Gasteiger partial charge in [0.1, 0.15) is 0 Å². The molecule has 0 radical (unpaired) electrons. The molecule has 0 saturated carbocycles. The van der Waals surface area contributed by atoms with E-state index in [2.05, 4.69) is 54.6 Å². The summed E-state index contributed by atoms with van der Waals surface area (Å²) in [6, 6.07) is 19.3. The molecular formula is C16H19N. The number of rotatable bonds is 5. The van der Waals surface area contributed by atoms with Gasteiger partial charge in [-0.2, -0.15) is 0 Å². The molecule has 0 aliphatic carbocycles. The molecule has 2 rings (SSSR count). The van der Waals surface area contributed by atoms with Crippen molar-refractivity contribution in [3.63, 3.8) is 0 Å². The van der Waals surface area contributed by atoms with Gasteiger partial charge in [-0.1, -0.05) is 54.6 Å². The average Bonchev–Trinajstić information content (AvgIpc) is 2.41. The van der Waals surface area contributed by atoms with E-state index in [-0.39, 0.29) is 0 Å². The SMILES string of the molecule is NCc1ccc(CCCc2ccccc2)cc1. The van der Waals surface area contributed by atoms with Crippen LogP contribution in [-0.2, 0) is 19.4 Å². The maximum absolute atomic E-state index is 5.58. The average molecular weight is 225 g/mol. The molecule has 0 atom stereocenters. The van der Waals surface area contributed by atoms with Gasteiger partial charge < -0.3 is 5.73 Å². The molecule has 0 fully saturated rings. The van der Waals surface area contributed by atoms with Gasteiger partial charge >= 0.3 is 0 Å². The molecular weight excluding hydrogens is 206 g/mol. The van der Waals surface area contributed by atoms with Crippen LogP contribution >= 0.6 is 0 Å². The third-order valence-electron chi connectivity index (χ3n) is 3.03. The van der Waals surface area contributed by atoms with Gasteiger partial charge in [-0.3, -0.25) is 0 Å². The highest BCUT2D eigenvalue weighted by Gasteiger charge is 1.95. The molecule has 1 nitrogen and oxygen atoms in total. The summed E-state index contributed by atoms with van der Waals surface area (Å²) in [5.74, 6) is 0. The summed E-state index contributed by atoms with van der Waals surface area (Å²) < 4.78 is 0. The van der Waals surface area contributed by atoms with Crippen molar-refractivity contribution in [1.82, 2.24) is 0 Å². The first-order valence-electron chi connectivity index (χ1n) is 6.20. The standard InChI is InChI=1S/C16H19N/c17-13-16-11-9-15(10-12-16)8-4-7-14-5-2-1-3-6-14/h1-3,5-6,9-12H,4,7-8,13,17H2. The Balaban J connectivity index is 1.82. The van der Waals surface area contributed by atoms with E-state index in [1.54, 1.807) is 0 Å². The maximum atomic E-state index is 5.58. The Labute approximate surface area is 103 Å². The largest absolute Gasteiger partial charge is 0.326 e. The molecule has 17 heavy (non-hydrogen) atoms. The topological polar surface area (TPSA) is 26.0 Å². The fourth-order valence-corrected chi connectivity index (χ4v) is 1.98. The number of benzene rings is 2. The Bertz CT molecular complexity index is 431. The summed E-state index contributed by atoms with van der Waals surface area (Å²) in [4.78, 5) is 0. The van der Waals surface area contributed by atoms with Crippen molar-refractivity contribution in [2.24, 2.45) is 5.73 Å². The van der Waals surface area contributed by atoms with Crippen molar-refractivity contribution in [2.45, 2.75) is 25.8 Å². The van der Waals surface area contributed by atoms with Gasteiger partial charge in [-0.25, -0.2) is 0 Å². The van der Waals surface area contributed by atoms with Crippen LogP contribution in [0.4, 0.5) is 0 Å². The lowest BCUT2D eigenvalue weighted by Gasteiger charge is -2.03. The molecule has 2 aromatic rings. The van der Waals surface area contributed by atoms with Gasteiger partial charge in [0.05, 0.1) is 0 Å². The first-order valence-corrected chi connectivity index (χ1v) is 6.20. The predicted molar refractivity (Wildman–Crippen MR) is 72.8 cm³/mol.